The van der Waals surface area contributed by atoms with Gasteiger partial charge in [0.1, 0.15) is 0 Å². The molecule has 0 aliphatic carbocycles. The van der Waals surface area contributed by atoms with Crippen LogP contribution in [0.5, 0.6) is 0 Å². The van der Waals surface area contributed by atoms with Crippen LogP contribution in [0.3, 0.4) is 0 Å². The van der Waals surface area contributed by atoms with E-state index in [2.05, 4.69) is 4.98 Å². The first-order chi connectivity index (χ1) is 6.36. The molecular weight excluding hydrogens is 186 g/mol. The largest absolute Gasteiger partial charge is 0.381 e. The van der Waals surface area contributed by atoms with E-state index >= 15 is 0 Å². The van der Waals surface area contributed by atoms with Crippen molar-refractivity contribution >= 4 is 11.6 Å². The van der Waals surface area contributed by atoms with Crippen molar-refractivity contribution in [2.75, 3.05) is 13.2 Å². The van der Waals surface area contributed by atoms with Crippen LogP contribution < -0.4 is 0 Å². The normalized spacial score (nSPS) is 18.8. The second-order valence-corrected chi connectivity index (χ2v) is 3.72. The molecule has 0 radical (unpaired) electrons. The van der Waals surface area contributed by atoms with Gasteiger partial charge in [-0.15, -0.1) is 0 Å². The van der Waals surface area contributed by atoms with E-state index in [1.165, 1.54) is 0 Å². The molecule has 1 fully saturated rings. The van der Waals surface area contributed by atoms with E-state index in [4.69, 9.17) is 16.3 Å². The second kappa shape index (κ2) is 4.07. The smallest absolute Gasteiger partial charge is 0.0472 e. The Morgan fingerprint density at radius 1 is 1.38 bits per heavy atom. The van der Waals surface area contributed by atoms with Gasteiger partial charge in [-0.05, 0) is 25.0 Å². The molecule has 0 atom stereocenters. The van der Waals surface area contributed by atoms with Crippen LogP contribution in [0.15, 0.2) is 18.3 Å². The molecule has 0 spiro atoms. The van der Waals surface area contributed by atoms with Crippen molar-refractivity contribution in [1.82, 2.24) is 4.98 Å². The number of hydrogen-bond donors (Lipinski definition) is 0. The third-order valence-corrected chi connectivity index (χ3v) is 2.62. The molecule has 13 heavy (non-hydrogen) atoms. The van der Waals surface area contributed by atoms with E-state index in [-0.39, 0.29) is 0 Å². The molecule has 0 bridgehead atoms. The van der Waals surface area contributed by atoms with Gasteiger partial charge in [0.25, 0.3) is 0 Å². The van der Waals surface area contributed by atoms with Crippen LogP contribution in [0.1, 0.15) is 24.5 Å². The number of pyridine rings is 1. The lowest BCUT2D eigenvalue weighted by atomic mass is 9.96. The molecule has 1 aliphatic heterocycles. The number of nitrogens with zero attached hydrogens (tertiary/aromatic N) is 1. The SMILES string of the molecule is Clc1ccnc(C2CCOCC2)c1. The van der Waals surface area contributed by atoms with Gasteiger partial charge in [-0.25, -0.2) is 0 Å². The summed E-state index contributed by atoms with van der Waals surface area (Å²) in [5.74, 6) is 0.535. The number of ether oxygens (including phenoxy) is 1. The minimum atomic E-state index is 0.535. The average molecular weight is 198 g/mol. The number of rotatable bonds is 1. The van der Waals surface area contributed by atoms with E-state index in [1.807, 2.05) is 12.1 Å². The standard InChI is InChI=1S/C10H12ClNO/c11-9-1-4-12-10(7-9)8-2-5-13-6-3-8/h1,4,7-8H,2-3,5-6H2. The summed E-state index contributed by atoms with van der Waals surface area (Å²) in [7, 11) is 0. The molecule has 2 rings (SSSR count). The molecule has 0 N–H and O–H groups in total. The Balaban J connectivity index is 2.14. The Morgan fingerprint density at radius 2 is 2.15 bits per heavy atom. The minimum absolute atomic E-state index is 0.535. The van der Waals surface area contributed by atoms with Crippen LogP contribution in [-0.4, -0.2) is 18.2 Å². The molecule has 1 aliphatic rings. The van der Waals surface area contributed by atoms with Crippen molar-refractivity contribution in [1.29, 1.82) is 0 Å². The Bertz CT molecular complexity index is 284. The fraction of sp³-hybridized carbons (Fsp3) is 0.500. The average Bonchev–Trinajstić information content (AvgIpc) is 2.19. The number of halogens is 1. The third kappa shape index (κ3) is 2.20. The van der Waals surface area contributed by atoms with Crippen molar-refractivity contribution in [3.05, 3.63) is 29.0 Å². The Morgan fingerprint density at radius 3 is 2.85 bits per heavy atom. The van der Waals surface area contributed by atoms with Crippen molar-refractivity contribution in [3.63, 3.8) is 0 Å². The molecule has 1 aromatic rings. The van der Waals surface area contributed by atoms with Crippen molar-refractivity contribution < 1.29 is 4.74 Å². The topological polar surface area (TPSA) is 22.1 Å². The van der Waals surface area contributed by atoms with E-state index in [1.54, 1.807) is 6.20 Å². The maximum Gasteiger partial charge on any atom is 0.0472 e. The van der Waals surface area contributed by atoms with E-state index in [0.29, 0.717) is 5.92 Å². The van der Waals surface area contributed by atoms with Gasteiger partial charge in [-0.2, -0.15) is 0 Å². The molecule has 1 saturated heterocycles. The molecule has 0 aromatic carbocycles. The Kier molecular flexibility index (Phi) is 2.81. The third-order valence-electron chi connectivity index (χ3n) is 2.38. The molecular formula is C10H12ClNO. The van der Waals surface area contributed by atoms with E-state index in [0.717, 1.165) is 36.8 Å². The summed E-state index contributed by atoms with van der Waals surface area (Å²) in [6.45, 7) is 1.69. The highest BCUT2D eigenvalue weighted by molar-refractivity contribution is 6.30. The summed E-state index contributed by atoms with van der Waals surface area (Å²) in [6.07, 6.45) is 3.90. The van der Waals surface area contributed by atoms with Gasteiger partial charge in [0, 0.05) is 36.0 Å². The second-order valence-electron chi connectivity index (χ2n) is 3.29. The van der Waals surface area contributed by atoms with Gasteiger partial charge in [0.15, 0.2) is 0 Å². The van der Waals surface area contributed by atoms with Crippen LogP contribution >= 0.6 is 11.6 Å². The predicted octanol–water partition coefficient (Wildman–Crippen LogP) is 2.63. The summed E-state index contributed by atoms with van der Waals surface area (Å²) in [6, 6.07) is 3.77. The zero-order chi connectivity index (χ0) is 9.10. The number of aromatic nitrogens is 1. The highest BCUT2D eigenvalue weighted by Gasteiger charge is 2.16. The van der Waals surface area contributed by atoms with Crippen LogP contribution in [0.2, 0.25) is 5.02 Å². The van der Waals surface area contributed by atoms with Crippen LogP contribution in [0, 0.1) is 0 Å². The Labute approximate surface area is 82.9 Å². The highest BCUT2D eigenvalue weighted by Crippen LogP contribution is 2.26. The first kappa shape index (κ1) is 8.97. The molecule has 2 heterocycles. The summed E-state index contributed by atoms with van der Waals surface area (Å²) in [4.78, 5) is 4.32. The zero-order valence-electron chi connectivity index (χ0n) is 7.37. The van der Waals surface area contributed by atoms with Crippen LogP contribution in [-0.2, 0) is 4.74 Å². The van der Waals surface area contributed by atoms with Gasteiger partial charge in [-0.1, -0.05) is 11.6 Å². The highest BCUT2D eigenvalue weighted by atomic mass is 35.5. The molecule has 0 amide bonds. The quantitative estimate of drug-likeness (QED) is 0.691. The first-order valence-electron chi connectivity index (χ1n) is 4.55. The molecule has 2 nitrogen and oxygen atoms in total. The van der Waals surface area contributed by atoms with Gasteiger partial charge < -0.3 is 4.74 Å². The predicted molar refractivity (Wildman–Crippen MR) is 52.0 cm³/mol. The maximum absolute atomic E-state index is 5.89. The summed E-state index contributed by atoms with van der Waals surface area (Å²) in [5, 5.41) is 0.775. The van der Waals surface area contributed by atoms with Crippen molar-refractivity contribution in [2.45, 2.75) is 18.8 Å². The fourth-order valence-electron chi connectivity index (χ4n) is 1.64. The van der Waals surface area contributed by atoms with Crippen molar-refractivity contribution in [3.8, 4) is 0 Å². The molecule has 1 aromatic heterocycles. The van der Waals surface area contributed by atoms with E-state index in [9.17, 15) is 0 Å². The molecule has 0 unspecified atom stereocenters. The first-order valence-corrected chi connectivity index (χ1v) is 4.93. The van der Waals surface area contributed by atoms with Gasteiger partial charge in [0.2, 0.25) is 0 Å². The lowest BCUT2D eigenvalue weighted by molar-refractivity contribution is 0.0845. The van der Waals surface area contributed by atoms with Crippen molar-refractivity contribution in [2.24, 2.45) is 0 Å². The summed E-state index contributed by atoms with van der Waals surface area (Å²) in [5.41, 5.74) is 1.11. The summed E-state index contributed by atoms with van der Waals surface area (Å²) < 4.78 is 5.29. The number of hydrogen-bond acceptors (Lipinski definition) is 2. The molecule has 3 heteroatoms. The van der Waals surface area contributed by atoms with Gasteiger partial charge in [0.05, 0.1) is 0 Å². The summed E-state index contributed by atoms with van der Waals surface area (Å²) >= 11 is 5.89. The Hall–Kier alpha value is -0.600. The van der Waals surface area contributed by atoms with Gasteiger partial charge in [-0.3, -0.25) is 4.98 Å². The lowest BCUT2D eigenvalue weighted by Gasteiger charge is -2.21. The minimum Gasteiger partial charge on any atom is -0.381 e. The lowest BCUT2D eigenvalue weighted by Crippen LogP contribution is -2.14. The molecule has 70 valence electrons. The zero-order valence-corrected chi connectivity index (χ0v) is 8.13. The van der Waals surface area contributed by atoms with Crippen LogP contribution in [0.25, 0.3) is 0 Å². The maximum atomic E-state index is 5.89. The monoisotopic (exact) mass is 197 g/mol. The fourth-order valence-corrected chi connectivity index (χ4v) is 1.81. The van der Waals surface area contributed by atoms with Gasteiger partial charge >= 0.3 is 0 Å². The molecule has 0 saturated carbocycles. The van der Waals surface area contributed by atoms with Crippen LogP contribution in [0.4, 0.5) is 0 Å². The van der Waals surface area contributed by atoms with E-state index < -0.39 is 0 Å².